The molecule has 0 heterocycles. The standard InChI is InChI=1S/C15H23NO3/c1-6-12(15(17)19-5)9-16-13-7-8-14(18-4)11(3)10(13)2/h7-8,12,16H,6,9H2,1-5H3. The van der Waals surface area contributed by atoms with Gasteiger partial charge < -0.3 is 14.8 Å². The molecule has 4 nitrogen and oxygen atoms in total. The van der Waals surface area contributed by atoms with Crippen LogP contribution in [0.25, 0.3) is 0 Å². The minimum absolute atomic E-state index is 0.119. The van der Waals surface area contributed by atoms with Crippen molar-refractivity contribution in [1.29, 1.82) is 0 Å². The first kappa shape index (κ1) is 15.3. The van der Waals surface area contributed by atoms with Crippen LogP contribution in [0, 0.1) is 19.8 Å². The molecule has 0 radical (unpaired) electrons. The lowest BCUT2D eigenvalue weighted by Gasteiger charge is -2.17. The van der Waals surface area contributed by atoms with Crippen LogP contribution in [0.2, 0.25) is 0 Å². The fraction of sp³-hybridized carbons (Fsp3) is 0.533. The summed E-state index contributed by atoms with van der Waals surface area (Å²) in [5.74, 6) is 0.591. The molecule has 1 N–H and O–H groups in total. The molecule has 1 rings (SSSR count). The van der Waals surface area contributed by atoms with E-state index in [4.69, 9.17) is 9.47 Å². The first-order valence-corrected chi connectivity index (χ1v) is 6.51. The Labute approximate surface area is 115 Å². The van der Waals surface area contributed by atoms with Crippen molar-refractivity contribution in [3.05, 3.63) is 23.3 Å². The number of methoxy groups -OCH3 is 2. The van der Waals surface area contributed by atoms with E-state index in [1.807, 2.05) is 32.9 Å². The van der Waals surface area contributed by atoms with E-state index in [2.05, 4.69) is 5.32 Å². The lowest BCUT2D eigenvalue weighted by molar-refractivity contribution is -0.145. The SMILES string of the molecule is CCC(CNc1ccc(OC)c(C)c1C)C(=O)OC. The number of ether oxygens (including phenoxy) is 2. The minimum atomic E-state index is -0.169. The summed E-state index contributed by atoms with van der Waals surface area (Å²) < 4.78 is 10.1. The summed E-state index contributed by atoms with van der Waals surface area (Å²) in [5.41, 5.74) is 3.28. The Kier molecular flexibility index (Phi) is 5.67. The monoisotopic (exact) mass is 265 g/mol. The van der Waals surface area contributed by atoms with Crippen molar-refractivity contribution in [3.8, 4) is 5.75 Å². The number of hydrogen-bond acceptors (Lipinski definition) is 4. The van der Waals surface area contributed by atoms with Crippen LogP contribution in [0.1, 0.15) is 24.5 Å². The molecule has 0 aliphatic heterocycles. The quantitative estimate of drug-likeness (QED) is 0.803. The van der Waals surface area contributed by atoms with Crippen LogP contribution in [-0.4, -0.2) is 26.7 Å². The van der Waals surface area contributed by atoms with Crippen molar-refractivity contribution < 1.29 is 14.3 Å². The van der Waals surface area contributed by atoms with Crippen molar-refractivity contribution in [2.75, 3.05) is 26.1 Å². The van der Waals surface area contributed by atoms with Gasteiger partial charge in [-0.05, 0) is 43.5 Å². The fourth-order valence-corrected chi connectivity index (χ4v) is 2.00. The Morgan fingerprint density at radius 1 is 1.26 bits per heavy atom. The molecule has 0 fully saturated rings. The molecule has 0 saturated carbocycles. The number of benzene rings is 1. The molecular formula is C15H23NO3. The molecule has 0 aliphatic carbocycles. The van der Waals surface area contributed by atoms with Crippen molar-refractivity contribution in [1.82, 2.24) is 0 Å². The molecule has 0 bridgehead atoms. The maximum Gasteiger partial charge on any atom is 0.310 e. The Morgan fingerprint density at radius 2 is 1.95 bits per heavy atom. The van der Waals surface area contributed by atoms with E-state index in [1.54, 1.807) is 7.11 Å². The zero-order valence-electron chi connectivity index (χ0n) is 12.4. The highest BCUT2D eigenvalue weighted by Crippen LogP contribution is 2.27. The molecule has 0 aliphatic rings. The lowest BCUT2D eigenvalue weighted by atomic mass is 10.0. The molecule has 1 aromatic carbocycles. The van der Waals surface area contributed by atoms with E-state index in [0.717, 1.165) is 29.0 Å². The van der Waals surface area contributed by atoms with E-state index in [9.17, 15) is 4.79 Å². The Morgan fingerprint density at radius 3 is 2.47 bits per heavy atom. The molecule has 0 aromatic heterocycles. The predicted octanol–water partition coefficient (Wildman–Crippen LogP) is 2.92. The van der Waals surface area contributed by atoms with Crippen LogP contribution in [-0.2, 0) is 9.53 Å². The van der Waals surface area contributed by atoms with Gasteiger partial charge in [-0.1, -0.05) is 6.92 Å². The van der Waals surface area contributed by atoms with Gasteiger partial charge in [0, 0.05) is 12.2 Å². The second kappa shape index (κ2) is 7.02. The normalized spacial score (nSPS) is 11.8. The van der Waals surface area contributed by atoms with Crippen LogP contribution in [0.4, 0.5) is 5.69 Å². The first-order valence-electron chi connectivity index (χ1n) is 6.51. The number of hydrogen-bond donors (Lipinski definition) is 1. The summed E-state index contributed by atoms with van der Waals surface area (Å²) in [5, 5.41) is 3.31. The molecule has 106 valence electrons. The van der Waals surface area contributed by atoms with Crippen molar-refractivity contribution in [2.24, 2.45) is 5.92 Å². The van der Waals surface area contributed by atoms with E-state index >= 15 is 0 Å². The van der Waals surface area contributed by atoms with Crippen LogP contribution in [0.15, 0.2) is 12.1 Å². The molecule has 4 heteroatoms. The van der Waals surface area contributed by atoms with Crippen LogP contribution < -0.4 is 10.1 Å². The third kappa shape index (κ3) is 3.63. The van der Waals surface area contributed by atoms with Crippen LogP contribution in [0.3, 0.4) is 0 Å². The van der Waals surface area contributed by atoms with E-state index in [1.165, 1.54) is 7.11 Å². The van der Waals surface area contributed by atoms with Crippen molar-refractivity contribution >= 4 is 11.7 Å². The third-order valence-corrected chi connectivity index (χ3v) is 3.52. The fourth-order valence-electron chi connectivity index (χ4n) is 2.00. The smallest absolute Gasteiger partial charge is 0.310 e. The maximum absolute atomic E-state index is 11.5. The predicted molar refractivity (Wildman–Crippen MR) is 76.8 cm³/mol. The summed E-state index contributed by atoms with van der Waals surface area (Å²) >= 11 is 0. The largest absolute Gasteiger partial charge is 0.496 e. The highest BCUT2D eigenvalue weighted by molar-refractivity contribution is 5.73. The topological polar surface area (TPSA) is 47.6 Å². The zero-order valence-corrected chi connectivity index (χ0v) is 12.4. The average molecular weight is 265 g/mol. The van der Waals surface area contributed by atoms with Gasteiger partial charge in [0.15, 0.2) is 0 Å². The number of nitrogens with one attached hydrogen (secondary N) is 1. The average Bonchev–Trinajstić information content (AvgIpc) is 2.43. The van der Waals surface area contributed by atoms with Gasteiger partial charge in [0.05, 0.1) is 20.1 Å². The Hall–Kier alpha value is -1.71. The Balaban J connectivity index is 2.78. The summed E-state index contributed by atoms with van der Waals surface area (Å²) in [6.07, 6.45) is 0.758. The molecule has 1 aromatic rings. The Bertz CT molecular complexity index is 443. The second-order valence-electron chi connectivity index (χ2n) is 4.57. The lowest BCUT2D eigenvalue weighted by Crippen LogP contribution is -2.24. The molecule has 0 saturated heterocycles. The number of carbonyl (C=O) groups is 1. The van der Waals surface area contributed by atoms with Crippen molar-refractivity contribution in [2.45, 2.75) is 27.2 Å². The molecule has 19 heavy (non-hydrogen) atoms. The van der Waals surface area contributed by atoms with Gasteiger partial charge in [-0.3, -0.25) is 4.79 Å². The van der Waals surface area contributed by atoms with Crippen molar-refractivity contribution in [3.63, 3.8) is 0 Å². The van der Waals surface area contributed by atoms with E-state index in [-0.39, 0.29) is 11.9 Å². The third-order valence-electron chi connectivity index (χ3n) is 3.52. The number of anilines is 1. The maximum atomic E-state index is 11.5. The van der Waals surface area contributed by atoms with Gasteiger partial charge in [-0.2, -0.15) is 0 Å². The summed E-state index contributed by atoms with van der Waals surface area (Å²) in [6, 6.07) is 3.91. The highest BCUT2D eigenvalue weighted by atomic mass is 16.5. The summed E-state index contributed by atoms with van der Waals surface area (Å²) in [6.45, 7) is 6.63. The highest BCUT2D eigenvalue weighted by Gasteiger charge is 2.17. The van der Waals surface area contributed by atoms with Gasteiger partial charge in [-0.15, -0.1) is 0 Å². The van der Waals surface area contributed by atoms with E-state index < -0.39 is 0 Å². The summed E-state index contributed by atoms with van der Waals surface area (Å²) in [4.78, 5) is 11.5. The molecule has 1 unspecified atom stereocenters. The number of esters is 1. The zero-order chi connectivity index (χ0) is 14.4. The minimum Gasteiger partial charge on any atom is -0.496 e. The van der Waals surface area contributed by atoms with Gasteiger partial charge >= 0.3 is 5.97 Å². The van der Waals surface area contributed by atoms with Gasteiger partial charge in [0.2, 0.25) is 0 Å². The molecular weight excluding hydrogens is 242 g/mol. The summed E-state index contributed by atoms with van der Waals surface area (Å²) in [7, 11) is 3.09. The van der Waals surface area contributed by atoms with Crippen LogP contribution >= 0.6 is 0 Å². The van der Waals surface area contributed by atoms with Crippen LogP contribution in [0.5, 0.6) is 5.75 Å². The van der Waals surface area contributed by atoms with E-state index in [0.29, 0.717) is 6.54 Å². The first-order chi connectivity index (χ1) is 9.04. The molecule has 1 atom stereocenters. The number of rotatable bonds is 6. The molecule has 0 amide bonds. The van der Waals surface area contributed by atoms with Gasteiger partial charge in [-0.25, -0.2) is 0 Å². The molecule has 0 spiro atoms. The van der Waals surface area contributed by atoms with Gasteiger partial charge in [0.1, 0.15) is 5.75 Å². The second-order valence-corrected chi connectivity index (χ2v) is 4.57. The van der Waals surface area contributed by atoms with Gasteiger partial charge in [0.25, 0.3) is 0 Å². The number of carbonyl (C=O) groups excluding carboxylic acids is 1.